The Hall–Kier alpha value is -1.94. The lowest BCUT2D eigenvalue weighted by Crippen LogP contribution is -2.37. The summed E-state index contributed by atoms with van der Waals surface area (Å²) in [6, 6.07) is 8.73. The Labute approximate surface area is 118 Å². The molecule has 1 aromatic carbocycles. The maximum atomic E-state index is 4.88. The van der Waals surface area contributed by atoms with Crippen molar-refractivity contribution < 1.29 is 0 Å². The van der Waals surface area contributed by atoms with Gasteiger partial charge in [0, 0.05) is 29.9 Å². The van der Waals surface area contributed by atoms with Gasteiger partial charge in [0.25, 0.3) is 0 Å². The highest BCUT2D eigenvalue weighted by Gasteiger charge is 2.36. The first-order chi connectivity index (χ1) is 9.86. The number of hydrogen-bond donors (Lipinski definition) is 1. The van der Waals surface area contributed by atoms with Crippen LogP contribution in [0.5, 0.6) is 0 Å². The third-order valence-corrected chi connectivity index (χ3v) is 4.31. The van der Waals surface area contributed by atoms with E-state index < -0.39 is 0 Å². The number of hydrogen-bond acceptors (Lipinski definition) is 3. The number of nitrogens with zero attached hydrogens (tertiary/aromatic N) is 3. The minimum Gasteiger partial charge on any atom is -0.305 e. The number of para-hydroxylation sites is 1. The van der Waals surface area contributed by atoms with E-state index in [0.29, 0.717) is 5.92 Å². The molecule has 0 aliphatic carbocycles. The number of nitrogens with one attached hydrogen (secondary N) is 1. The molecule has 0 radical (unpaired) electrons. The van der Waals surface area contributed by atoms with E-state index in [2.05, 4.69) is 47.8 Å². The van der Waals surface area contributed by atoms with Gasteiger partial charge >= 0.3 is 0 Å². The summed E-state index contributed by atoms with van der Waals surface area (Å²) < 4.78 is 1.98. The highest BCUT2D eigenvalue weighted by Crippen LogP contribution is 2.42. The molecule has 4 heteroatoms. The highest BCUT2D eigenvalue weighted by molar-refractivity contribution is 6.02. The topological polar surface area (TPSA) is 42.2 Å². The summed E-state index contributed by atoms with van der Waals surface area (Å²) >= 11 is 0. The molecule has 0 bridgehead atoms. The van der Waals surface area contributed by atoms with E-state index in [9.17, 15) is 0 Å². The van der Waals surface area contributed by atoms with E-state index >= 15 is 0 Å². The first kappa shape index (κ1) is 11.9. The predicted molar refractivity (Wildman–Crippen MR) is 79.5 cm³/mol. The summed E-state index contributed by atoms with van der Waals surface area (Å²) in [7, 11) is 0. The Balaban J connectivity index is 1.73. The Kier molecular flexibility index (Phi) is 2.70. The van der Waals surface area contributed by atoms with E-state index in [1.54, 1.807) is 0 Å². The highest BCUT2D eigenvalue weighted by atomic mass is 15.3. The fraction of sp³-hybridized carbons (Fsp3) is 0.375. The van der Waals surface area contributed by atoms with Gasteiger partial charge in [0.2, 0.25) is 0 Å². The van der Waals surface area contributed by atoms with Crippen LogP contribution < -0.4 is 5.32 Å². The Morgan fingerprint density at radius 1 is 1.35 bits per heavy atom. The standard InChI is InChI=1S/C16H18N4/c1-2-20-10-11(9-18-20)15-16-13(7-8-17-15)12-5-3-4-6-14(12)19-16/h3-6,9-10,13,15,17H,2,7-8H2,1H3. The molecule has 2 aliphatic rings. The number of aliphatic imine (C=N–C) groups is 1. The van der Waals surface area contributed by atoms with Gasteiger partial charge < -0.3 is 5.32 Å². The van der Waals surface area contributed by atoms with Gasteiger partial charge in [0.1, 0.15) is 0 Å². The summed E-state index contributed by atoms with van der Waals surface area (Å²) in [5, 5.41) is 7.99. The third kappa shape index (κ3) is 1.72. The van der Waals surface area contributed by atoms with Crippen LogP contribution in [0.2, 0.25) is 0 Å². The molecule has 4 rings (SSSR count). The second-order valence-electron chi connectivity index (χ2n) is 5.45. The van der Waals surface area contributed by atoms with E-state index in [1.807, 2.05) is 10.9 Å². The van der Waals surface area contributed by atoms with Crippen molar-refractivity contribution in [3.8, 4) is 0 Å². The molecular weight excluding hydrogens is 248 g/mol. The van der Waals surface area contributed by atoms with E-state index in [4.69, 9.17) is 4.99 Å². The van der Waals surface area contributed by atoms with Gasteiger partial charge in [-0.15, -0.1) is 0 Å². The van der Waals surface area contributed by atoms with Crippen molar-refractivity contribution >= 4 is 11.4 Å². The average Bonchev–Trinajstić information content (AvgIpc) is 3.11. The van der Waals surface area contributed by atoms with Gasteiger partial charge in [-0.3, -0.25) is 9.67 Å². The molecule has 3 heterocycles. The summed E-state index contributed by atoms with van der Waals surface area (Å²) in [5.74, 6) is 0.474. The van der Waals surface area contributed by atoms with Crippen LogP contribution in [0.15, 0.2) is 41.7 Å². The Morgan fingerprint density at radius 2 is 2.25 bits per heavy atom. The van der Waals surface area contributed by atoms with Crippen molar-refractivity contribution in [1.29, 1.82) is 0 Å². The van der Waals surface area contributed by atoms with Crippen molar-refractivity contribution in [2.75, 3.05) is 6.54 Å². The van der Waals surface area contributed by atoms with Crippen LogP contribution in [0.1, 0.15) is 36.4 Å². The molecule has 2 aromatic rings. The van der Waals surface area contributed by atoms with Crippen LogP contribution in [0.25, 0.3) is 0 Å². The van der Waals surface area contributed by atoms with E-state index in [0.717, 1.165) is 25.2 Å². The van der Waals surface area contributed by atoms with Gasteiger partial charge in [-0.2, -0.15) is 5.10 Å². The molecule has 4 nitrogen and oxygen atoms in total. The monoisotopic (exact) mass is 266 g/mol. The van der Waals surface area contributed by atoms with Crippen LogP contribution >= 0.6 is 0 Å². The van der Waals surface area contributed by atoms with Crippen LogP contribution in [0.3, 0.4) is 0 Å². The van der Waals surface area contributed by atoms with E-state index in [-0.39, 0.29) is 6.04 Å². The molecule has 2 atom stereocenters. The lowest BCUT2D eigenvalue weighted by atomic mass is 9.84. The van der Waals surface area contributed by atoms with Gasteiger partial charge in [-0.05, 0) is 31.5 Å². The van der Waals surface area contributed by atoms with Crippen LogP contribution in [-0.4, -0.2) is 22.0 Å². The molecule has 102 valence electrons. The fourth-order valence-corrected chi connectivity index (χ4v) is 3.30. The molecule has 1 fully saturated rings. The smallest absolute Gasteiger partial charge is 0.0749 e. The van der Waals surface area contributed by atoms with Crippen molar-refractivity contribution in [3.05, 3.63) is 47.8 Å². The molecular formula is C16H18N4. The Morgan fingerprint density at radius 3 is 3.10 bits per heavy atom. The molecule has 0 spiro atoms. The normalized spacial score (nSPS) is 24.1. The fourth-order valence-electron chi connectivity index (χ4n) is 3.30. The molecule has 2 unspecified atom stereocenters. The van der Waals surface area contributed by atoms with Crippen molar-refractivity contribution in [2.45, 2.75) is 31.8 Å². The first-order valence-corrected chi connectivity index (χ1v) is 7.30. The van der Waals surface area contributed by atoms with Gasteiger partial charge in [-0.25, -0.2) is 0 Å². The lowest BCUT2D eigenvalue weighted by molar-refractivity contribution is 0.547. The molecule has 1 N–H and O–H groups in total. The van der Waals surface area contributed by atoms with Crippen LogP contribution in [0, 0.1) is 0 Å². The second-order valence-corrected chi connectivity index (χ2v) is 5.45. The molecule has 1 aromatic heterocycles. The lowest BCUT2D eigenvalue weighted by Gasteiger charge is -2.29. The summed E-state index contributed by atoms with van der Waals surface area (Å²) in [4.78, 5) is 4.88. The van der Waals surface area contributed by atoms with Crippen molar-refractivity contribution in [1.82, 2.24) is 15.1 Å². The first-order valence-electron chi connectivity index (χ1n) is 7.30. The minimum atomic E-state index is 0.210. The average molecular weight is 266 g/mol. The summed E-state index contributed by atoms with van der Waals surface area (Å²) in [6.07, 6.45) is 5.23. The maximum Gasteiger partial charge on any atom is 0.0749 e. The number of fused-ring (bicyclic) bond motifs is 3. The van der Waals surface area contributed by atoms with Crippen molar-refractivity contribution in [2.24, 2.45) is 4.99 Å². The SMILES string of the molecule is CCn1cc(C2NCCC3C2=Nc2ccccc23)cn1. The number of rotatable bonds is 2. The predicted octanol–water partition coefficient (Wildman–Crippen LogP) is 2.81. The largest absolute Gasteiger partial charge is 0.305 e. The zero-order valence-electron chi connectivity index (χ0n) is 11.6. The third-order valence-electron chi connectivity index (χ3n) is 4.31. The van der Waals surface area contributed by atoms with Crippen LogP contribution in [-0.2, 0) is 6.54 Å². The molecule has 20 heavy (non-hydrogen) atoms. The number of piperidine rings is 1. The quantitative estimate of drug-likeness (QED) is 0.908. The van der Waals surface area contributed by atoms with Gasteiger partial charge in [0.15, 0.2) is 0 Å². The number of aryl methyl sites for hydroxylation is 1. The molecule has 0 saturated carbocycles. The summed E-state index contributed by atoms with van der Waals surface area (Å²) in [5.41, 5.74) is 5.01. The Bertz CT molecular complexity index is 671. The maximum absolute atomic E-state index is 4.88. The van der Waals surface area contributed by atoms with E-state index in [1.165, 1.54) is 16.8 Å². The summed E-state index contributed by atoms with van der Waals surface area (Å²) in [6.45, 7) is 4.04. The van der Waals surface area contributed by atoms with Gasteiger partial charge in [0.05, 0.1) is 17.9 Å². The van der Waals surface area contributed by atoms with Crippen molar-refractivity contribution in [3.63, 3.8) is 0 Å². The van der Waals surface area contributed by atoms with Gasteiger partial charge in [-0.1, -0.05) is 18.2 Å². The zero-order valence-corrected chi connectivity index (χ0v) is 11.6. The molecule has 0 amide bonds. The minimum absolute atomic E-state index is 0.210. The van der Waals surface area contributed by atoms with Crippen LogP contribution in [0.4, 0.5) is 5.69 Å². The molecule has 1 saturated heterocycles. The zero-order chi connectivity index (χ0) is 13.5. The second kappa shape index (κ2) is 4.56. The number of aromatic nitrogens is 2. The molecule has 2 aliphatic heterocycles. The number of benzene rings is 1.